The maximum Gasteiger partial charge on any atom is 0.309 e. The third-order valence-electron chi connectivity index (χ3n) is 8.82. The van der Waals surface area contributed by atoms with Gasteiger partial charge in [-0.05, 0) is 44.5 Å². The number of nitrogens with zero attached hydrogens (tertiary/aromatic N) is 1. The van der Waals surface area contributed by atoms with Gasteiger partial charge in [-0.2, -0.15) is 0 Å². The fourth-order valence-corrected chi connectivity index (χ4v) is 6.62. The average Bonchev–Trinajstić information content (AvgIpc) is 2.81. The van der Waals surface area contributed by atoms with E-state index in [9.17, 15) is 39.6 Å². The van der Waals surface area contributed by atoms with Gasteiger partial charge in [0.2, 0.25) is 5.78 Å². The number of ketones is 2. The highest BCUT2D eigenvalue weighted by Gasteiger charge is 2.69. The maximum atomic E-state index is 14.2. The number of nitrogens with two attached hydrogens (primary N) is 2. The molecule has 0 bridgehead atoms. The first kappa shape index (κ1) is 26.7. The monoisotopic (exact) mass is 541 g/mol. The van der Waals surface area contributed by atoms with E-state index in [1.807, 2.05) is 0 Å². The number of phenols is 1. The van der Waals surface area contributed by atoms with Crippen LogP contribution < -0.4 is 11.5 Å². The Hall–Kier alpha value is -3.90. The lowest BCUT2D eigenvalue weighted by Crippen LogP contribution is -2.71. The second kappa shape index (κ2) is 8.82. The Labute approximate surface area is 223 Å². The largest absolute Gasteiger partial charge is 0.508 e. The highest BCUT2D eigenvalue weighted by atomic mass is 16.5. The van der Waals surface area contributed by atoms with Gasteiger partial charge in [0.15, 0.2) is 11.4 Å². The highest BCUT2D eigenvalue weighted by Crippen LogP contribution is 2.57. The van der Waals surface area contributed by atoms with Crippen molar-refractivity contribution in [1.29, 1.82) is 0 Å². The molecule has 2 saturated carbocycles. The minimum atomic E-state index is -2.97. The summed E-state index contributed by atoms with van der Waals surface area (Å²) in [4.78, 5) is 54.5. The molecule has 0 aliphatic heterocycles. The number of rotatable bonds is 4. The summed E-state index contributed by atoms with van der Waals surface area (Å²) in [6.45, 7) is 1.69. The molecule has 0 radical (unpaired) electrons. The van der Waals surface area contributed by atoms with Crippen molar-refractivity contribution in [2.24, 2.45) is 23.5 Å². The zero-order chi connectivity index (χ0) is 28.7. The minimum absolute atomic E-state index is 0.0750. The molecule has 6 atom stereocenters. The number of primary amides is 1. The van der Waals surface area contributed by atoms with E-state index in [-0.39, 0.29) is 11.3 Å². The summed E-state index contributed by atoms with van der Waals surface area (Å²) in [6, 6.07) is 1.59. The summed E-state index contributed by atoms with van der Waals surface area (Å²) in [5.74, 6) is -10.3. The van der Waals surface area contributed by atoms with E-state index in [1.54, 1.807) is 13.0 Å². The van der Waals surface area contributed by atoms with Crippen molar-refractivity contribution in [3.8, 4) is 5.75 Å². The topological polar surface area (TPSA) is 214 Å². The van der Waals surface area contributed by atoms with Crippen molar-refractivity contribution in [3.63, 3.8) is 0 Å². The predicted molar refractivity (Wildman–Crippen MR) is 136 cm³/mol. The fourth-order valence-electron chi connectivity index (χ4n) is 6.62. The van der Waals surface area contributed by atoms with Crippen LogP contribution in [0.2, 0.25) is 0 Å². The van der Waals surface area contributed by atoms with Crippen LogP contribution in [0.5, 0.6) is 5.75 Å². The van der Waals surface area contributed by atoms with Crippen molar-refractivity contribution >= 4 is 34.9 Å². The summed E-state index contributed by atoms with van der Waals surface area (Å²) in [5.41, 5.74) is 7.07. The number of Topliss-reactive ketones (excluding diaryl/α,β-unsaturated/α-hetero) is 2. The second-order valence-corrected chi connectivity index (χ2v) is 11.1. The van der Waals surface area contributed by atoms with Crippen molar-refractivity contribution in [3.05, 3.63) is 40.2 Å². The maximum absolute atomic E-state index is 14.2. The Morgan fingerprint density at radius 1 is 1.13 bits per heavy atom. The Kier molecular flexibility index (Phi) is 6.03. The smallest absolute Gasteiger partial charge is 0.309 e. The normalized spacial score (nSPS) is 32.4. The number of phenolic OH excluding ortho intramolecular Hbond substituents is 1. The van der Waals surface area contributed by atoms with E-state index in [2.05, 4.69) is 0 Å². The predicted octanol–water partition coefficient (Wildman–Crippen LogP) is 0.429. The molecule has 5 rings (SSSR count). The number of likely N-dealkylation sites (N-methyl/N-ethyl adjacent to an activating group) is 1. The number of fused-ring (bicyclic) bond motifs is 3. The first-order valence-corrected chi connectivity index (χ1v) is 12.7. The standard InChI is InChI=1S/C27H31N3O9/c1-9-11-7-8-12(28)19(31)14(11)20(32)15-13(9)22(39-26(37)10-5-4-6-10)17-18(30(2)3)21(33)16(25(29)36)24(35)27(17,38)23(15)34/h7-10,13,17-18,22,31-32,35,38H,4-6,28H2,1-3H3,(H2,29,36)/t9-,13-,17+,18-,22-,27-/m1/s1. The molecule has 208 valence electrons. The van der Waals surface area contributed by atoms with Gasteiger partial charge in [-0.25, -0.2) is 0 Å². The van der Waals surface area contributed by atoms with E-state index < -0.39 is 93.3 Å². The lowest BCUT2D eigenvalue weighted by atomic mass is 9.54. The number of esters is 1. The van der Waals surface area contributed by atoms with Crippen LogP contribution in [0.4, 0.5) is 5.69 Å². The lowest BCUT2D eigenvalue weighted by molar-refractivity contribution is -0.189. The third kappa shape index (κ3) is 3.44. The first-order chi connectivity index (χ1) is 18.2. The molecule has 1 aromatic carbocycles. The van der Waals surface area contributed by atoms with Gasteiger partial charge in [-0.15, -0.1) is 0 Å². The molecule has 12 heteroatoms. The number of hydrogen-bond acceptors (Lipinski definition) is 11. The minimum Gasteiger partial charge on any atom is -0.508 e. The highest BCUT2D eigenvalue weighted by molar-refractivity contribution is 6.24. The van der Waals surface area contributed by atoms with Crippen LogP contribution in [0.1, 0.15) is 43.2 Å². The van der Waals surface area contributed by atoms with Crippen LogP contribution in [0.3, 0.4) is 0 Å². The Bertz CT molecular complexity index is 1390. The SMILES string of the molecule is C[C@@H]1c2ccc(N)c(O)c2C(O)=C2C(=O)[C@@]3(O)C(O)=C(C(N)=O)C(=O)[C@H](N(C)C)[C@H]3[C@H](OC(=O)C3CCC3)[C@@H]21. The van der Waals surface area contributed by atoms with E-state index in [4.69, 9.17) is 16.2 Å². The number of aromatic hydroxyl groups is 1. The summed E-state index contributed by atoms with van der Waals surface area (Å²) in [6.07, 6.45) is 0.571. The van der Waals surface area contributed by atoms with Crippen molar-refractivity contribution in [2.75, 3.05) is 19.8 Å². The van der Waals surface area contributed by atoms with Crippen LogP contribution in [0, 0.1) is 17.8 Å². The number of aliphatic hydroxyl groups is 3. The van der Waals surface area contributed by atoms with Gasteiger partial charge >= 0.3 is 5.97 Å². The van der Waals surface area contributed by atoms with Gasteiger partial charge in [-0.1, -0.05) is 19.4 Å². The Morgan fingerprint density at radius 2 is 1.77 bits per heavy atom. The van der Waals surface area contributed by atoms with E-state index in [0.717, 1.165) is 6.42 Å². The lowest BCUT2D eigenvalue weighted by Gasteiger charge is -2.54. The number of nitrogen functional groups attached to an aromatic ring is 1. The third-order valence-corrected chi connectivity index (χ3v) is 8.82. The molecular weight excluding hydrogens is 510 g/mol. The van der Waals surface area contributed by atoms with Gasteiger partial charge in [0.1, 0.15) is 28.9 Å². The molecule has 0 heterocycles. The molecule has 2 fully saturated rings. The molecule has 1 amide bonds. The quantitative estimate of drug-likeness (QED) is 0.133. The second-order valence-electron chi connectivity index (χ2n) is 11.1. The molecule has 39 heavy (non-hydrogen) atoms. The van der Waals surface area contributed by atoms with Crippen LogP contribution in [-0.2, 0) is 23.9 Å². The van der Waals surface area contributed by atoms with Crippen LogP contribution >= 0.6 is 0 Å². The zero-order valence-electron chi connectivity index (χ0n) is 21.7. The molecule has 0 spiro atoms. The number of carbonyl (C=O) groups is 4. The molecule has 0 unspecified atom stereocenters. The van der Waals surface area contributed by atoms with Crippen molar-refractivity contribution in [2.45, 2.75) is 49.9 Å². The number of benzene rings is 1. The molecule has 8 N–H and O–H groups in total. The summed E-state index contributed by atoms with van der Waals surface area (Å²) >= 11 is 0. The molecule has 12 nitrogen and oxygen atoms in total. The van der Waals surface area contributed by atoms with Gasteiger partial charge in [0, 0.05) is 11.5 Å². The van der Waals surface area contributed by atoms with Crippen LogP contribution in [0.25, 0.3) is 5.76 Å². The number of anilines is 1. The van der Waals surface area contributed by atoms with Crippen LogP contribution in [-0.4, -0.2) is 80.6 Å². The number of hydrogen-bond donors (Lipinski definition) is 6. The van der Waals surface area contributed by atoms with Crippen molar-refractivity contribution < 1.29 is 44.3 Å². The van der Waals surface area contributed by atoms with Gasteiger partial charge in [0.25, 0.3) is 5.91 Å². The molecule has 4 aliphatic rings. The number of ether oxygens (including phenoxy) is 1. The zero-order valence-corrected chi connectivity index (χ0v) is 21.7. The summed E-state index contributed by atoms with van der Waals surface area (Å²) in [7, 11) is 2.95. The Balaban J connectivity index is 1.83. The van der Waals surface area contributed by atoms with E-state index >= 15 is 0 Å². The fraction of sp³-hybridized carbons (Fsp3) is 0.481. The number of aliphatic hydroxyl groups excluding tert-OH is 2. The van der Waals surface area contributed by atoms with E-state index in [0.29, 0.717) is 18.4 Å². The molecule has 0 aromatic heterocycles. The Morgan fingerprint density at radius 3 is 2.31 bits per heavy atom. The number of amides is 1. The van der Waals surface area contributed by atoms with Crippen LogP contribution in [0.15, 0.2) is 29.0 Å². The summed E-state index contributed by atoms with van der Waals surface area (Å²) < 4.78 is 6.00. The van der Waals surface area contributed by atoms with Gasteiger partial charge in [0.05, 0.1) is 29.1 Å². The van der Waals surface area contributed by atoms with Gasteiger partial charge in [-0.3, -0.25) is 24.1 Å². The van der Waals surface area contributed by atoms with Crippen molar-refractivity contribution in [1.82, 2.24) is 4.90 Å². The first-order valence-electron chi connectivity index (χ1n) is 12.7. The number of carbonyl (C=O) groups excluding carboxylic acids is 4. The molecular formula is C27H31N3O9. The molecule has 4 aliphatic carbocycles. The van der Waals surface area contributed by atoms with E-state index in [1.165, 1.54) is 25.1 Å². The molecule has 1 aromatic rings. The molecule has 0 saturated heterocycles. The van der Waals surface area contributed by atoms with Gasteiger partial charge < -0.3 is 36.6 Å². The average molecular weight is 542 g/mol. The summed E-state index contributed by atoms with van der Waals surface area (Å²) in [5, 5.41) is 45.2.